The molecule has 1 N–H and O–H groups in total. The van der Waals surface area contributed by atoms with Crippen molar-refractivity contribution in [3.05, 3.63) is 34.4 Å². The molecule has 0 radical (unpaired) electrons. The average Bonchev–Trinajstić information content (AvgIpc) is 2.53. The standard InChI is InChI=1S/C16H20BrN3O/c1-4-10-18-16-14(17)12(5-2)19-15(20-16)11-8-6-7-9-13(11)21-3/h6-9H,4-5,10H2,1-3H3,(H,18,19,20). The van der Waals surface area contributed by atoms with Crippen LogP contribution in [0.5, 0.6) is 5.75 Å². The van der Waals surface area contributed by atoms with Crippen LogP contribution in [0.25, 0.3) is 11.4 Å². The van der Waals surface area contributed by atoms with E-state index in [9.17, 15) is 0 Å². The number of hydrogen-bond acceptors (Lipinski definition) is 4. The molecule has 1 aromatic heterocycles. The molecule has 0 saturated carbocycles. The Bertz CT molecular complexity index is 616. The molecule has 21 heavy (non-hydrogen) atoms. The first kappa shape index (κ1) is 15.8. The number of halogens is 1. The van der Waals surface area contributed by atoms with Crippen LogP contribution in [0.1, 0.15) is 26.0 Å². The summed E-state index contributed by atoms with van der Waals surface area (Å²) in [5.41, 5.74) is 1.89. The van der Waals surface area contributed by atoms with Gasteiger partial charge in [0.05, 0.1) is 22.8 Å². The van der Waals surface area contributed by atoms with Crippen molar-refractivity contribution < 1.29 is 4.74 Å². The fourth-order valence-corrected chi connectivity index (χ4v) is 2.64. The number of rotatable bonds is 6. The molecule has 0 amide bonds. The number of aromatic nitrogens is 2. The quantitative estimate of drug-likeness (QED) is 0.844. The van der Waals surface area contributed by atoms with Crippen LogP contribution < -0.4 is 10.1 Å². The Labute approximate surface area is 134 Å². The van der Waals surface area contributed by atoms with E-state index in [0.29, 0.717) is 5.82 Å². The number of para-hydroxylation sites is 1. The Morgan fingerprint density at radius 1 is 1.19 bits per heavy atom. The van der Waals surface area contributed by atoms with Gasteiger partial charge in [0.1, 0.15) is 11.6 Å². The van der Waals surface area contributed by atoms with E-state index < -0.39 is 0 Å². The zero-order valence-electron chi connectivity index (χ0n) is 12.6. The van der Waals surface area contributed by atoms with Crippen molar-refractivity contribution in [3.8, 4) is 17.1 Å². The molecule has 5 heteroatoms. The third kappa shape index (κ3) is 3.53. The van der Waals surface area contributed by atoms with Gasteiger partial charge in [-0.1, -0.05) is 26.0 Å². The summed E-state index contributed by atoms with van der Waals surface area (Å²) in [7, 11) is 1.66. The van der Waals surface area contributed by atoms with E-state index in [1.54, 1.807) is 7.11 Å². The second-order valence-corrected chi connectivity index (χ2v) is 5.43. The Balaban J connectivity index is 2.53. The maximum absolute atomic E-state index is 5.41. The highest BCUT2D eigenvalue weighted by atomic mass is 79.9. The Hall–Kier alpha value is -1.62. The van der Waals surface area contributed by atoms with Gasteiger partial charge in [-0.15, -0.1) is 0 Å². The van der Waals surface area contributed by atoms with E-state index >= 15 is 0 Å². The third-order valence-corrected chi connectivity index (χ3v) is 3.98. The van der Waals surface area contributed by atoms with Crippen LogP contribution in [0.2, 0.25) is 0 Å². The number of anilines is 1. The summed E-state index contributed by atoms with van der Waals surface area (Å²) in [6.45, 7) is 5.09. The predicted octanol–water partition coefficient (Wildman–Crippen LogP) is 4.30. The number of aryl methyl sites for hydroxylation is 1. The first-order chi connectivity index (χ1) is 10.2. The van der Waals surface area contributed by atoms with Crippen LogP contribution in [-0.2, 0) is 6.42 Å². The van der Waals surface area contributed by atoms with Crippen molar-refractivity contribution in [2.75, 3.05) is 19.0 Å². The van der Waals surface area contributed by atoms with E-state index in [-0.39, 0.29) is 0 Å². The molecule has 0 saturated heterocycles. The van der Waals surface area contributed by atoms with Crippen molar-refractivity contribution in [2.24, 2.45) is 0 Å². The largest absolute Gasteiger partial charge is 0.496 e. The first-order valence-electron chi connectivity index (χ1n) is 7.14. The van der Waals surface area contributed by atoms with Crippen molar-refractivity contribution in [3.63, 3.8) is 0 Å². The lowest BCUT2D eigenvalue weighted by molar-refractivity contribution is 0.416. The zero-order valence-corrected chi connectivity index (χ0v) is 14.2. The molecule has 0 aliphatic rings. The SMILES string of the molecule is CCCNc1nc(-c2ccccc2OC)nc(CC)c1Br. The Morgan fingerprint density at radius 2 is 1.95 bits per heavy atom. The van der Waals surface area contributed by atoms with E-state index in [1.807, 2.05) is 24.3 Å². The summed E-state index contributed by atoms with van der Waals surface area (Å²) in [5.74, 6) is 2.30. The maximum atomic E-state index is 5.41. The number of methoxy groups -OCH3 is 1. The third-order valence-electron chi connectivity index (χ3n) is 3.15. The van der Waals surface area contributed by atoms with Crippen LogP contribution in [-0.4, -0.2) is 23.6 Å². The van der Waals surface area contributed by atoms with Gasteiger partial charge in [0.2, 0.25) is 0 Å². The van der Waals surface area contributed by atoms with Gasteiger partial charge < -0.3 is 10.1 Å². The molecule has 1 aromatic carbocycles. The molecule has 2 aromatic rings. The van der Waals surface area contributed by atoms with Gasteiger partial charge in [0, 0.05) is 6.54 Å². The fraction of sp³-hybridized carbons (Fsp3) is 0.375. The van der Waals surface area contributed by atoms with E-state index in [2.05, 4.69) is 45.1 Å². The minimum absolute atomic E-state index is 0.686. The van der Waals surface area contributed by atoms with Crippen LogP contribution in [0.15, 0.2) is 28.7 Å². The molecular formula is C16H20BrN3O. The minimum Gasteiger partial charge on any atom is -0.496 e. The normalized spacial score (nSPS) is 10.5. The number of ether oxygens (including phenoxy) is 1. The molecule has 0 fully saturated rings. The van der Waals surface area contributed by atoms with E-state index in [0.717, 1.165) is 46.7 Å². The molecule has 2 rings (SSSR count). The molecule has 4 nitrogen and oxygen atoms in total. The van der Waals surface area contributed by atoms with Crippen LogP contribution in [0.3, 0.4) is 0 Å². The van der Waals surface area contributed by atoms with Crippen molar-refractivity contribution in [1.29, 1.82) is 0 Å². The van der Waals surface area contributed by atoms with Gasteiger partial charge in [0.15, 0.2) is 5.82 Å². The number of nitrogens with one attached hydrogen (secondary N) is 1. The Kier molecular flexibility index (Phi) is 5.56. The summed E-state index contributed by atoms with van der Waals surface area (Å²) in [4.78, 5) is 9.31. The summed E-state index contributed by atoms with van der Waals surface area (Å²) in [5, 5.41) is 3.35. The molecule has 0 spiro atoms. The highest BCUT2D eigenvalue weighted by Crippen LogP contribution is 2.31. The highest BCUT2D eigenvalue weighted by molar-refractivity contribution is 9.10. The molecule has 0 bridgehead atoms. The molecule has 0 aliphatic carbocycles. The summed E-state index contributed by atoms with van der Waals surface area (Å²) in [6.07, 6.45) is 1.88. The molecule has 0 atom stereocenters. The number of nitrogens with zero attached hydrogens (tertiary/aromatic N) is 2. The molecule has 112 valence electrons. The Morgan fingerprint density at radius 3 is 2.62 bits per heavy atom. The summed E-state index contributed by atoms with van der Waals surface area (Å²) < 4.78 is 6.35. The summed E-state index contributed by atoms with van der Waals surface area (Å²) in [6, 6.07) is 7.81. The average molecular weight is 350 g/mol. The van der Waals surface area contributed by atoms with Crippen LogP contribution >= 0.6 is 15.9 Å². The molecule has 1 heterocycles. The zero-order chi connectivity index (χ0) is 15.2. The molecule has 0 aliphatic heterocycles. The van der Waals surface area contributed by atoms with Crippen LogP contribution in [0, 0.1) is 0 Å². The van der Waals surface area contributed by atoms with E-state index in [4.69, 9.17) is 4.74 Å². The smallest absolute Gasteiger partial charge is 0.165 e. The number of benzene rings is 1. The first-order valence-corrected chi connectivity index (χ1v) is 7.94. The molecule has 0 unspecified atom stereocenters. The lowest BCUT2D eigenvalue weighted by Crippen LogP contribution is -2.07. The minimum atomic E-state index is 0.686. The monoisotopic (exact) mass is 349 g/mol. The van der Waals surface area contributed by atoms with Gasteiger partial charge in [-0.2, -0.15) is 0 Å². The number of hydrogen-bond donors (Lipinski definition) is 1. The van der Waals surface area contributed by atoms with Crippen molar-refractivity contribution in [2.45, 2.75) is 26.7 Å². The van der Waals surface area contributed by atoms with Gasteiger partial charge in [0.25, 0.3) is 0 Å². The molecular weight excluding hydrogens is 330 g/mol. The van der Waals surface area contributed by atoms with Gasteiger partial charge in [-0.05, 0) is 40.9 Å². The van der Waals surface area contributed by atoms with Gasteiger partial charge >= 0.3 is 0 Å². The van der Waals surface area contributed by atoms with Gasteiger partial charge in [-0.3, -0.25) is 0 Å². The lowest BCUT2D eigenvalue weighted by Gasteiger charge is -2.13. The predicted molar refractivity (Wildman–Crippen MR) is 89.9 cm³/mol. The van der Waals surface area contributed by atoms with Crippen molar-refractivity contribution >= 4 is 21.7 Å². The second kappa shape index (κ2) is 7.41. The maximum Gasteiger partial charge on any atom is 0.165 e. The van der Waals surface area contributed by atoms with Crippen LogP contribution in [0.4, 0.5) is 5.82 Å². The summed E-state index contributed by atoms with van der Waals surface area (Å²) >= 11 is 3.60. The second-order valence-electron chi connectivity index (χ2n) is 4.64. The fourth-order valence-electron chi connectivity index (χ4n) is 2.04. The van der Waals surface area contributed by atoms with E-state index in [1.165, 1.54) is 0 Å². The van der Waals surface area contributed by atoms with Crippen molar-refractivity contribution in [1.82, 2.24) is 9.97 Å². The lowest BCUT2D eigenvalue weighted by atomic mass is 10.1. The topological polar surface area (TPSA) is 47.0 Å². The van der Waals surface area contributed by atoms with Gasteiger partial charge in [-0.25, -0.2) is 9.97 Å². The highest BCUT2D eigenvalue weighted by Gasteiger charge is 2.14.